The third-order valence-electron chi connectivity index (χ3n) is 3.55. The molecular weight excluding hydrogens is 246 g/mol. The summed E-state index contributed by atoms with van der Waals surface area (Å²) in [6.07, 6.45) is 2.13. The Balaban J connectivity index is 1.97. The van der Waals surface area contributed by atoms with E-state index in [0.29, 0.717) is 0 Å². The van der Waals surface area contributed by atoms with Gasteiger partial charge in [-0.05, 0) is 43.3 Å². The van der Waals surface area contributed by atoms with Gasteiger partial charge in [-0.2, -0.15) is 4.57 Å². The highest BCUT2D eigenvalue weighted by Gasteiger charge is 2.09. The number of fused-ring (bicyclic) bond motifs is 1. The topological polar surface area (TPSA) is 13.1 Å². The number of pyridine rings is 1. The summed E-state index contributed by atoms with van der Waals surface area (Å²) in [6, 6.07) is 19.1. The number of hydrogen-bond acceptors (Lipinski definition) is 1. The molecule has 0 fully saturated rings. The van der Waals surface area contributed by atoms with Crippen LogP contribution in [0.2, 0.25) is 0 Å². The second-order valence-electron chi connectivity index (χ2n) is 5.05. The van der Waals surface area contributed by atoms with E-state index >= 15 is 0 Å². The molecule has 0 saturated heterocycles. The molecule has 0 N–H and O–H groups in total. The maximum atomic E-state index is 5.20. The Hall–Kier alpha value is -2.35. The summed E-state index contributed by atoms with van der Waals surface area (Å²) >= 11 is 0. The zero-order chi connectivity index (χ0) is 13.9. The maximum absolute atomic E-state index is 5.20. The van der Waals surface area contributed by atoms with Crippen LogP contribution < -0.4 is 9.30 Å². The van der Waals surface area contributed by atoms with Crippen LogP contribution in [0, 0.1) is 6.92 Å². The molecule has 2 heteroatoms. The highest BCUT2D eigenvalue weighted by molar-refractivity contribution is 5.76. The third-order valence-corrected chi connectivity index (χ3v) is 3.55. The van der Waals surface area contributed by atoms with Gasteiger partial charge in [-0.25, -0.2) is 0 Å². The fourth-order valence-electron chi connectivity index (χ4n) is 2.47. The monoisotopic (exact) mass is 264 g/mol. The lowest BCUT2D eigenvalue weighted by molar-refractivity contribution is -0.662. The van der Waals surface area contributed by atoms with E-state index < -0.39 is 0 Å². The summed E-state index contributed by atoms with van der Waals surface area (Å²) in [5.74, 6) is 0.896. The molecular formula is C18H18NO+. The van der Waals surface area contributed by atoms with E-state index in [-0.39, 0.29) is 0 Å². The van der Waals surface area contributed by atoms with Crippen molar-refractivity contribution in [1.82, 2.24) is 0 Å². The summed E-state index contributed by atoms with van der Waals surface area (Å²) in [5.41, 5.74) is 3.82. The largest absolute Gasteiger partial charge is 0.497 e. The molecule has 2 aromatic carbocycles. The zero-order valence-corrected chi connectivity index (χ0v) is 11.8. The second-order valence-corrected chi connectivity index (χ2v) is 5.05. The van der Waals surface area contributed by atoms with E-state index in [0.717, 1.165) is 12.3 Å². The number of hydrogen-bond donors (Lipinski definition) is 0. The molecule has 0 atom stereocenters. The molecule has 0 aliphatic rings. The quantitative estimate of drug-likeness (QED) is 0.660. The molecule has 1 heterocycles. The molecule has 0 radical (unpaired) electrons. The minimum atomic E-state index is 0.865. The number of aromatic nitrogens is 1. The lowest BCUT2D eigenvalue weighted by Gasteiger charge is -2.04. The first-order chi connectivity index (χ1) is 9.76. The predicted octanol–water partition coefficient (Wildman–Crippen LogP) is 3.49. The van der Waals surface area contributed by atoms with E-state index in [4.69, 9.17) is 4.74 Å². The van der Waals surface area contributed by atoms with Crippen molar-refractivity contribution in [2.75, 3.05) is 7.11 Å². The van der Waals surface area contributed by atoms with Crippen LogP contribution >= 0.6 is 0 Å². The minimum Gasteiger partial charge on any atom is -0.497 e. The Kier molecular flexibility index (Phi) is 3.38. The third kappa shape index (κ3) is 2.50. The molecule has 20 heavy (non-hydrogen) atoms. The Morgan fingerprint density at radius 2 is 1.80 bits per heavy atom. The van der Waals surface area contributed by atoms with Gasteiger partial charge >= 0.3 is 0 Å². The van der Waals surface area contributed by atoms with Gasteiger partial charge in [0.25, 0.3) is 0 Å². The lowest BCUT2D eigenvalue weighted by Crippen LogP contribution is -2.34. The number of methoxy groups -OCH3 is 1. The lowest BCUT2D eigenvalue weighted by atomic mass is 10.1. The number of rotatable bonds is 3. The SMILES string of the molecule is COc1ccc(C[n+]2cccc3cc(C)ccc32)cc1. The van der Waals surface area contributed by atoms with Crippen molar-refractivity contribution in [2.45, 2.75) is 13.5 Å². The van der Waals surface area contributed by atoms with E-state index in [2.05, 4.69) is 60.2 Å². The first-order valence-electron chi connectivity index (χ1n) is 6.78. The van der Waals surface area contributed by atoms with E-state index in [1.165, 1.54) is 22.0 Å². The van der Waals surface area contributed by atoms with E-state index in [9.17, 15) is 0 Å². The molecule has 3 rings (SSSR count). The van der Waals surface area contributed by atoms with Crippen LogP contribution in [0.1, 0.15) is 11.1 Å². The smallest absolute Gasteiger partial charge is 0.212 e. The van der Waals surface area contributed by atoms with Gasteiger partial charge in [-0.1, -0.05) is 11.6 Å². The summed E-state index contributed by atoms with van der Waals surface area (Å²) in [4.78, 5) is 0. The molecule has 1 aromatic heterocycles. The predicted molar refractivity (Wildman–Crippen MR) is 81.0 cm³/mol. The molecule has 0 aliphatic heterocycles. The molecule has 0 spiro atoms. The first-order valence-corrected chi connectivity index (χ1v) is 6.78. The van der Waals surface area contributed by atoms with Gasteiger partial charge in [0, 0.05) is 23.1 Å². The van der Waals surface area contributed by atoms with Crippen LogP contribution in [0.3, 0.4) is 0 Å². The first kappa shape index (κ1) is 12.7. The number of benzene rings is 2. The molecule has 0 saturated carbocycles. The van der Waals surface area contributed by atoms with Crippen LogP contribution in [0.25, 0.3) is 10.9 Å². The van der Waals surface area contributed by atoms with Crippen molar-refractivity contribution >= 4 is 10.9 Å². The van der Waals surface area contributed by atoms with Crippen LogP contribution in [0.4, 0.5) is 0 Å². The minimum absolute atomic E-state index is 0.865. The van der Waals surface area contributed by atoms with Crippen LogP contribution in [-0.2, 0) is 6.54 Å². The van der Waals surface area contributed by atoms with Gasteiger partial charge in [-0.15, -0.1) is 0 Å². The number of aryl methyl sites for hydroxylation is 1. The van der Waals surface area contributed by atoms with Crippen LogP contribution in [0.5, 0.6) is 5.75 Å². The van der Waals surface area contributed by atoms with Crippen molar-refractivity contribution in [1.29, 1.82) is 0 Å². The van der Waals surface area contributed by atoms with E-state index in [1.54, 1.807) is 7.11 Å². The standard InChI is InChI=1S/C18H18NO/c1-14-5-10-18-16(12-14)4-3-11-19(18)13-15-6-8-17(20-2)9-7-15/h3-12H,13H2,1-2H3/q+1. The van der Waals surface area contributed by atoms with E-state index in [1.807, 2.05) is 12.1 Å². The van der Waals surface area contributed by atoms with Crippen molar-refractivity contribution in [2.24, 2.45) is 0 Å². The fraction of sp³-hybridized carbons (Fsp3) is 0.167. The highest BCUT2D eigenvalue weighted by Crippen LogP contribution is 2.14. The Morgan fingerprint density at radius 1 is 1.00 bits per heavy atom. The molecule has 3 aromatic rings. The molecule has 0 aliphatic carbocycles. The van der Waals surface area contributed by atoms with Crippen molar-refractivity contribution in [3.05, 3.63) is 71.9 Å². The molecule has 0 unspecified atom stereocenters. The number of ether oxygens (including phenoxy) is 1. The zero-order valence-electron chi connectivity index (χ0n) is 11.8. The van der Waals surface area contributed by atoms with Gasteiger partial charge in [0.05, 0.1) is 7.11 Å². The van der Waals surface area contributed by atoms with Crippen molar-refractivity contribution in [3.63, 3.8) is 0 Å². The normalized spacial score (nSPS) is 10.7. The summed E-state index contributed by atoms with van der Waals surface area (Å²) in [5, 5.41) is 1.28. The summed E-state index contributed by atoms with van der Waals surface area (Å²) in [6.45, 7) is 2.99. The fourth-order valence-corrected chi connectivity index (χ4v) is 2.47. The maximum Gasteiger partial charge on any atom is 0.212 e. The average molecular weight is 264 g/mol. The highest BCUT2D eigenvalue weighted by atomic mass is 16.5. The van der Waals surface area contributed by atoms with Crippen molar-refractivity contribution in [3.8, 4) is 5.75 Å². The average Bonchev–Trinajstić information content (AvgIpc) is 2.48. The number of nitrogens with zero attached hydrogens (tertiary/aromatic N) is 1. The Labute approximate surface area is 119 Å². The molecule has 2 nitrogen and oxygen atoms in total. The Morgan fingerprint density at radius 3 is 2.55 bits per heavy atom. The molecule has 0 amide bonds. The van der Waals surface area contributed by atoms with Crippen LogP contribution in [0.15, 0.2) is 60.8 Å². The van der Waals surface area contributed by atoms with Gasteiger partial charge in [0.15, 0.2) is 12.7 Å². The van der Waals surface area contributed by atoms with Gasteiger partial charge in [0.1, 0.15) is 5.75 Å². The molecule has 100 valence electrons. The van der Waals surface area contributed by atoms with Gasteiger partial charge in [-0.3, -0.25) is 0 Å². The second kappa shape index (κ2) is 5.33. The van der Waals surface area contributed by atoms with Crippen molar-refractivity contribution < 1.29 is 9.30 Å². The summed E-state index contributed by atoms with van der Waals surface area (Å²) < 4.78 is 7.47. The van der Waals surface area contributed by atoms with Gasteiger partial charge in [0.2, 0.25) is 5.52 Å². The van der Waals surface area contributed by atoms with Crippen LogP contribution in [-0.4, -0.2) is 7.11 Å². The molecule has 0 bridgehead atoms. The van der Waals surface area contributed by atoms with Gasteiger partial charge < -0.3 is 4.74 Å². The Bertz CT molecular complexity index is 732. The summed E-state index contributed by atoms with van der Waals surface area (Å²) in [7, 11) is 1.69.